The summed E-state index contributed by atoms with van der Waals surface area (Å²) in [6, 6.07) is -3.10. The second-order valence-corrected chi connectivity index (χ2v) is 16.9. The van der Waals surface area contributed by atoms with Crippen LogP contribution in [-0.4, -0.2) is 297 Å². The molecule has 26 atom stereocenters. The molecule has 5 fully saturated rings. The zero-order valence-electron chi connectivity index (χ0n) is 36.2. The molecule has 31 nitrogen and oxygen atoms in total. The van der Waals surface area contributed by atoms with Crippen LogP contribution in [0.25, 0.3) is 0 Å². The van der Waals surface area contributed by atoms with Gasteiger partial charge in [-0.1, -0.05) is 0 Å². The zero-order valence-corrected chi connectivity index (χ0v) is 36.2. The fraction of sp³-hybridized carbons (Fsp3) is 0.919. The standard InChI is InChI=1S/C37H62N2O29/c1-9(43)38-17-11(45)3-37(36(58)59,68-30(17)19(47)12(46)4-40)61-8-16-21(49)24(52)26(54)33(64-16)60-7-15-20(48)25(53)27(55)34(65-15)67-31-23(51)14(6-42)63-35(28(31)56)66-29-18(39-10(2)44)32(57)62-13(5-41)22(29)50/h11-35,40-42,45-57H,3-8H2,1-2H3,(H,38,43)(H,39,44)(H,58,59)/t11-,12+,13+,14+,15+,16+,17+,18+,19+,20+,21-,22-,23-,24-,25-,26+,27+,28+,29+,30+,31-,32+,33+,34-,35-,37+/m0/s1. The number of nitrogens with one attached hydrogen (secondary N) is 2. The molecule has 0 saturated carbocycles. The molecule has 0 radical (unpaired) electrons. The van der Waals surface area contributed by atoms with Crippen LogP contribution in [0.5, 0.6) is 0 Å². The number of amides is 2. The van der Waals surface area contributed by atoms with Crippen molar-refractivity contribution in [2.24, 2.45) is 0 Å². The molecule has 0 aromatic carbocycles. The number of aliphatic carboxylic acids is 1. The van der Waals surface area contributed by atoms with Crippen LogP contribution >= 0.6 is 0 Å². The summed E-state index contributed by atoms with van der Waals surface area (Å²) in [5.74, 6) is -6.37. The maximum Gasteiger partial charge on any atom is 0.364 e. The number of aliphatic hydroxyl groups is 16. The predicted molar refractivity (Wildman–Crippen MR) is 207 cm³/mol. The van der Waals surface area contributed by atoms with E-state index in [1.807, 2.05) is 0 Å². The van der Waals surface area contributed by atoms with E-state index in [1.54, 1.807) is 0 Å². The summed E-state index contributed by atoms with van der Waals surface area (Å²) in [6.45, 7) is -2.81. The Morgan fingerprint density at radius 2 is 1.09 bits per heavy atom. The number of aliphatic hydroxyl groups excluding tert-OH is 16. The Labute approximate surface area is 384 Å². The maximum atomic E-state index is 12.6. The highest BCUT2D eigenvalue weighted by Crippen LogP contribution is 2.36. The van der Waals surface area contributed by atoms with E-state index in [2.05, 4.69) is 10.6 Å². The molecule has 5 aliphatic rings. The molecule has 0 aromatic heterocycles. The molecule has 5 aliphatic heterocycles. The first-order chi connectivity index (χ1) is 31.9. The van der Waals surface area contributed by atoms with E-state index in [0.717, 1.165) is 13.8 Å². The lowest BCUT2D eigenvalue weighted by atomic mass is 9.88. The van der Waals surface area contributed by atoms with Crippen LogP contribution in [0.3, 0.4) is 0 Å². The smallest absolute Gasteiger partial charge is 0.364 e. The maximum absolute atomic E-state index is 12.6. The van der Waals surface area contributed by atoms with Gasteiger partial charge >= 0.3 is 5.97 Å². The van der Waals surface area contributed by atoms with Crippen LogP contribution in [0.4, 0.5) is 0 Å². The number of hydrogen-bond acceptors (Lipinski definition) is 28. The lowest BCUT2D eigenvalue weighted by Crippen LogP contribution is -2.68. The van der Waals surface area contributed by atoms with E-state index in [9.17, 15) is 101 Å². The number of hydrogen-bond donors (Lipinski definition) is 19. The van der Waals surface area contributed by atoms with Crippen molar-refractivity contribution in [3.63, 3.8) is 0 Å². The van der Waals surface area contributed by atoms with E-state index >= 15 is 0 Å². The molecule has 0 bridgehead atoms. The first-order valence-electron chi connectivity index (χ1n) is 21.2. The van der Waals surface area contributed by atoms with Gasteiger partial charge in [-0.2, -0.15) is 0 Å². The summed E-state index contributed by atoms with van der Waals surface area (Å²) in [4.78, 5) is 36.4. The van der Waals surface area contributed by atoms with E-state index in [0.29, 0.717) is 0 Å². The molecular weight excluding hydrogens is 936 g/mol. The molecule has 68 heavy (non-hydrogen) atoms. The number of carbonyl (C=O) groups is 3. The molecule has 31 heteroatoms. The lowest BCUT2D eigenvalue weighted by molar-refractivity contribution is -0.377. The van der Waals surface area contributed by atoms with Crippen LogP contribution in [-0.2, 0) is 57.0 Å². The number of rotatable bonds is 18. The molecule has 394 valence electrons. The highest BCUT2D eigenvalue weighted by Gasteiger charge is 2.58. The third kappa shape index (κ3) is 12.2. The first-order valence-corrected chi connectivity index (χ1v) is 21.2. The summed E-state index contributed by atoms with van der Waals surface area (Å²) < 4.78 is 49.8. The summed E-state index contributed by atoms with van der Waals surface area (Å²) in [5, 5.41) is 184. The fourth-order valence-electron chi connectivity index (χ4n) is 8.31. The van der Waals surface area contributed by atoms with Gasteiger partial charge in [0.1, 0.15) is 116 Å². The summed E-state index contributed by atoms with van der Waals surface area (Å²) >= 11 is 0. The van der Waals surface area contributed by atoms with E-state index in [1.165, 1.54) is 0 Å². The molecule has 5 heterocycles. The average molecular weight is 999 g/mol. The Morgan fingerprint density at radius 1 is 0.603 bits per heavy atom. The molecule has 5 rings (SSSR count). The van der Waals surface area contributed by atoms with Gasteiger partial charge in [0.15, 0.2) is 25.2 Å². The Balaban J connectivity index is 1.28. The molecule has 0 unspecified atom stereocenters. The quantitative estimate of drug-likeness (QED) is 0.0606. The average Bonchev–Trinajstić information content (AvgIpc) is 3.29. The number of carboxylic acids is 1. The van der Waals surface area contributed by atoms with Gasteiger partial charge in [0.05, 0.1) is 45.2 Å². The van der Waals surface area contributed by atoms with E-state index < -0.39 is 216 Å². The molecule has 0 aliphatic carbocycles. The molecule has 2 amide bonds. The van der Waals surface area contributed by atoms with Crippen LogP contribution in [0.1, 0.15) is 20.3 Å². The van der Waals surface area contributed by atoms with Crippen LogP contribution in [0.15, 0.2) is 0 Å². The molecule has 0 spiro atoms. The normalized spacial score (nSPS) is 46.6. The van der Waals surface area contributed by atoms with Crippen molar-refractivity contribution in [2.45, 2.75) is 179 Å². The SMILES string of the molecule is CC(=O)N[C@@H]1[C@@H](O[C@@H]2O[C@H](CO)[C@H](O)[C@H](O[C@@H]3O[C@H](CO[C@@H]4O[C@H](CO[C@]5(C(=O)O)C[C@H](O)[C@@H](NC(C)=O)[C@H]([C@H](O)[C@H](O)CO)O5)[C@H](O)[C@H](O)[C@H]4O)[C@@H](O)[C@H](O)[C@H]3O)[C@H]2O)[C@@H](O)[C@@H](CO)O[C@H]1O. The van der Waals surface area contributed by atoms with E-state index in [-0.39, 0.29) is 0 Å². The summed E-state index contributed by atoms with van der Waals surface area (Å²) in [6.07, 6.45) is -45.9. The van der Waals surface area contributed by atoms with Crippen molar-refractivity contribution in [1.29, 1.82) is 0 Å². The van der Waals surface area contributed by atoms with E-state index in [4.69, 9.17) is 42.6 Å². The van der Waals surface area contributed by atoms with Crippen molar-refractivity contribution < 1.29 is 144 Å². The Kier molecular flexibility index (Phi) is 19.7. The van der Waals surface area contributed by atoms with Crippen molar-refractivity contribution >= 4 is 17.8 Å². The van der Waals surface area contributed by atoms with Gasteiger partial charge in [-0.15, -0.1) is 0 Å². The Hall–Kier alpha value is -2.59. The topological polar surface area (TPSA) is 502 Å². The minimum atomic E-state index is -2.93. The zero-order chi connectivity index (χ0) is 50.7. The summed E-state index contributed by atoms with van der Waals surface area (Å²) in [7, 11) is 0. The van der Waals surface area contributed by atoms with Gasteiger partial charge in [0.2, 0.25) is 11.8 Å². The van der Waals surface area contributed by atoms with Crippen molar-refractivity contribution in [2.75, 3.05) is 33.0 Å². The van der Waals surface area contributed by atoms with Crippen molar-refractivity contribution in [3.05, 3.63) is 0 Å². The van der Waals surface area contributed by atoms with Crippen molar-refractivity contribution in [3.8, 4) is 0 Å². The highest BCUT2D eigenvalue weighted by atomic mass is 16.8. The molecule has 0 aromatic rings. The van der Waals surface area contributed by atoms with Crippen molar-refractivity contribution in [1.82, 2.24) is 10.6 Å². The van der Waals surface area contributed by atoms with Crippen LogP contribution < -0.4 is 10.6 Å². The molecular formula is C37H62N2O29. The van der Waals surface area contributed by atoms with Crippen LogP contribution in [0.2, 0.25) is 0 Å². The second kappa shape index (κ2) is 23.8. The van der Waals surface area contributed by atoms with Gasteiger partial charge in [0.25, 0.3) is 5.79 Å². The molecule has 19 N–H and O–H groups in total. The highest BCUT2D eigenvalue weighted by molar-refractivity contribution is 5.76. The number of carboxylic acid groups (broad SMARTS) is 1. The number of carbonyl (C=O) groups excluding carboxylic acids is 2. The minimum Gasteiger partial charge on any atom is -0.477 e. The second-order valence-electron chi connectivity index (χ2n) is 16.9. The Bertz CT molecular complexity index is 1660. The largest absolute Gasteiger partial charge is 0.477 e. The fourth-order valence-corrected chi connectivity index (χ4v) is 8.31. The van der Waals surface area contributed by atoms with Gasteiger partial charge in [0, 0.05) is 20.3 Å². The summed E-state index contributed by atoms with van der Waals surface area (Å²) in [5.41, 5.74) is 0. The third-order valence-corrected chi connectivity index (χ3v) is 12.1. The van der Waals surface area contributed by atoms with Gasteiger partial charge in [-0.05, 0) is 0 Å². The lowest BCUT2D eigenvalue weighted by Gasteiger charge is -2.48. The first kappa shape index (κ1) is 56.3. The van der Waals surface area contributed by atoms with Gasteiger partial charge in [-0.25, -0.2) is 4.79 Å². The van der Waals surface area contributed by atoms with Gasteiger partial charge in [-0.3, -0.25) is 9.59 Å². The molecule has 5 saturated heterocycles. The monoisotopic (exact) mass is 998 g/mol. The number of ether oxygens (including phenoxy) is 9. The van der Waals surface area contributed by atoms with Gasteiger partial charge < -0.3 is 140 Å². The third-order valence-electron chi connectivity index (χ3n) is 12.1. The van der Waals surface area contributed by atoms with Crippen LogP contribution in [0, 0.1) is 0 Å². The predicted octanol–water partition coefficient (Wildman–Crippen LogP) is -12.4. The Morgan fingerprint density at radius 3 is 1.65 bits per heavy atom. The minimum absolute atomic E-state index is 0.736.